The van der Waals surface area contributed by atoms with Crippen LogP contribution in [0.1, 0.15) is 11.5 Å². The van der Waals surface area contributed by atoms with Crippen LogP contribution >= 0.6 is 11.8 Å². The number of rotatable bonds is 6. The number of carbonyl (C=O) groups excluding carboxylic acids is 1. The molecule has 0 saturated carbocycles. The molecule has 0 fully saturated rings. The predicted molar refractivity (Wildman–Crippen MR) is 90.4 cm³/mol. The van der Waals surface area contributed by atoms with Gasteiger partial charge in [-0.3, -0.25) is 4.79 Å². The monoisotopic (exact) mass is 357 g/mol. The third-order valence-corrected chi connectivity index (χ3v) is 4.25. The molecule has 1 aromatic carbocycles. The number of aromatic nitrogens is 3. The number of hydrogen-bond donors (Lipinski definition) is 0. The van der Waals surface area contributed by atoms with E-state index in [1.54, 1.807) is 18.2 Å². The molecule has 0 bridgehead atoms. The van der Waals surface area contributed by atoms with Gasteiger partial charge in [-0.05, 0) is 24.8 Å². The topological polar surface area (TPSA) is 92.2 Å². The van der Waals surface area contributed by atoms with E-state index in [1.165, 1.54) is 6.20 Å². The molecule has 0 aliphatic carbocycles. The van der Waals surface area contributed by atoms with Gasteiger partial charge in [-0.25, -0.2) is 0 Å². The fourth-order valence-corrected chi connectivity index (χ4v) is 2.69. The van der Waals surface area contributed by atoms with Gasteiger partial charge in [0.15, 0.2) is 12.8 Å². The number of benzene rings is 1. The second kappa shape index (κ2) is 7.80. The molecule has 0 radical (unpaired) electrons. The number of ether oxygens (including phenoxy) is 1. The quantitative estimate of drug-likeness (QED) is 0.290. The highest BCUT2D eigenvalue weighted by atomic mass is 32.2. The Balaban J connectivity index is 1.51. The maximum atomic E-state index is 11.8. The smallest absolute Gasteiger partial charge is 0.317 e. The van der Waals surface area contributed by atoms with E-state index in [2.05, 4.69) is 10.1 Å². The van der Waals surface area contributed by atoms with Crippen molar-refractivity contribution in [2.75, 3.05) is 5.75 Å². The lowest BCUT2D eigenvalue weighted by molar-refractivity contribution is -0.645. The van der Waals surface area contributed by atoms with Crippen molar-refractivity contribution >= 4 is 17.7 Å². The Labute approximate surface area is 148 Å². The predicted octanol–water partition coefficient (Wildman–Crippen LogP) is 2.51. The van der Waals surface area contributed by atoms with Crippen LogP contribution in [0.3, 0.4) is 0 Å². The highest BCUT2D eigenvalue weighted by Crippen LogP contribution is 2.17. The summed E-state index contributed by atoms with van der Waals surface area (Å²) in [5, 5.41) is 15.8. The minimum Gasteiger partial charge on any atom is -0.618 e. The fourth-order valence-electron chi connectivity index (χ4n) is 1.97. The Morgan fingerprint density at radius 1 is 1.28 bits per heavy atom. The van der Waals surface area contributed by atoms with Crippen molar-refractivity contribution in [3.05, 3.63) is 65.3 Å². The molecule has 7 nitrogen and oxygen atoms in total. The molecule has 3 aromatic rings. The molecular weight excluding hydrogens is 342 g/mol. The van der Waals surface area contributed by atoms with Crippen LogP contribution in [0.25, 0.3) is 11.4 Å². The van der Waals surface area contributed by atoms with Crippen LogP contribution in [-0.4, -0.2) is 21.9 Å². The molecule has 3 rings (SSSR count). The molecule has 0 aliphatic rings. The average molecular weight is 357 g/mol. The van der Waals surface area contributed by atoms with Gasteiger partial charge in [0, 0.05) is 17.7 Å². The van der Waals surface area contributed by atoms with Gasteiger partial charge in [0.1, 0.15) is 5.75 Å². The zero-order valence-corrected chi connectivity index (χ0v) is 14.2. The van der Waals surface area contributed by atoms with Crippen molar-refractivity contribution in [2.45, 2.75) is 18.6 Å². The normalized spacial score (nSPS) is 10.6. The number of pyridine rings is 1. The summed E-state index contributed by atoms with van der Waals surface area (Å²) in [6.45, 7) is 1.89. The SMILES string of the molecule is Cc1ccc(-c2noc(COC(=O)CSc3cccc[n+]3[O-])n2)cc1. The molecule has 0 atom stereocenters. The van der Waals surface area contributed by atoms with E-state index in [0.29, 0.717) is 15.6 Å². The number of thioether (sulfide) groups is 1. The molecule has 0 spiro atoms. The first-order valence-electron chi connectivity index (χ1n) is 7.48. The summed E-state index contributed by atoms with van der Waals surface area (Å²) < 4.78 is 10.9. The molecule has 0 amide bonds. The Morgan fingerprint density at radius 3 is 2.84 bits per heavy atom. The number of hydrogen-bond acceptors (Lipinski definition) is 7. The second-order valence-electron chi connectivity index (χ2n) is 5.19. The lowest BCUT2D eigenvalue weighted by atomic mass is 10.1. The minimum absolute atomic E-state index is 0.0191. The summed E-state index contributed by atoms with van der Waals surface area (Å²) in [5.41, 5.74) is 1.96. The standard InChI is InChI=1S/C17H15N3O4S/c1-12-5-7-13(8-6-12)17-18-14(24-19-17)10-23-16(21)11-25-15-4-2-3-9-20(15)22/h2-9H,10-11H2,1H3. The molecule has 0 aliphatic heterocycles. The average Bonchev–Trinajstić information content (AvgIpc) is 3.09. The first-order chi connectivity index (χ1) is 12.1. The number of aryl methyl sites for hydroxylation is 1. The highest BCUT2D eigenvalue weighted by Gasteiger charge is 2.13. The van der Waals surface area contributed by atoms with Crippen LogP contribution in [0.4, 0.5) is 0 Å². The lowest BCUT2D eigenvalue weighted by Gasteiger charge is -2.03. The largest absolute Gasteiger partial charge is 0.618 e. The first kappa shape index (κ1) is 17.0. The number of nitrogens with zero attached hydrogens (tertiary/aromatic N) is 3. The van der Waals surface area contributed by atoms with Gasteiger partial charge in [-0.15, -0.1) is 0 Å². The summed E-state index contributed by atoms with van der Waals surface area (Å²) in [5.74, 6) is 0.208. The molecular formula is C17H15N3O4S. The molecule has 2 aromatic heterocycles. The molecule has 128 valence electrons. The van der Waals surface area contributed by atoms with E-state index in [4.69, 9.17) is 9.26 Å². The zero-order chi connectivity index (χ0) is 17.6. The van der Waals surface area contributed by atoms with Crippen LogP contribution in [0.15, 0.2) is 58.2 Å². The lowest BCUT2D eigenvalue weighted by Crippen LogP contribution is -2.28. The Morgan fingerprint density at radius 2 is 2.08 bits per heavy atom. The Bertz CT molecular complexity index is 864. The molecule has 8 heteroatoms. The van der Waals surface area contributed by atoms with Crippen LogP contribution in [0.2, 0.25) is 0 Å². The van der Waals surface area contributed by atoms with E-state index in [9.17, 15) is 10.0 Å². The number of esters is 1. The molecule has 0 N–H and O–H groups in total. The van der Waals surface area contributed by atoms with Gasteiger partial charge in [0.25, 0.3) is 10.9 Å². The summed E-state index contributed by atoms with van der Waals surface area (Å²) in [4.78, 5) is 16.0. The molecule has 2 heterocycles. The van der Waals surface area contributed by atoms with Crippen molar-refractivity contribution in [2.24, 2.45) is 0 Å². The first-order valence-corrected chi connectivity index (χ1v) is 8.46. The third kappa shape index (κ3) is 4.57. The van der Waals surface area contributed by atoms with E-state index in [1.807, 2.05) is 31.2 Å². The van der Waals surface area contributed by atoms with Gasteiger partial charge >= 0.3 is 5.97 Å². The molecule has 0 unspecified atom stereocenters. The summed E-state index contributed by atoms with van der Waals surface area (Å²) >= 11 is 1.10. The highest BCUT2D eigenvalue weighted by molar-refractivity contribution is 7.99. The fraction of sp³-hybridized carbons (Fsp3) is 0.176. The van der Waals surface area contributed by atoms with Crippen molar-refractivity contribution in [1.29, 1.82) is 0 Å². The van der Waals surface area contributed by atoms with E-state index in [-0.39, 0.29) is 18.3 Å². The van der Waals surface area contributed by atoms with Crippen LogP contribution in [0.5, 0.6) is 0 Å². The van der Waals surface area contributed by atoms with Crippen LogP contribution in [-0.2, 0) is 16.1 Å². The molecule has 0 saturated heterocycles. The summed E-state index contributed by atoms with van der Waals surface area (Å²) in [7, 11) is 0. The van der Waals surface area contributed by atoms with Crippen molar-refractivity contribution in [3.8, 4) is 11.4 Å². The maximum Gasteiger partial charge on any atom is 0.317 e. The van der Waals surface area contributed by atoms with E-state index < -0.39 is 5.97 Å². The Hall–Kier alpha value is -2.87. The number of carbonyl (C=O) groups is 1. The van der Waals surface area contributed by atoms with Gasteiger partial charge in [0.2, 0.25) is 5.82 Å². The summed E-state index contributed by atoms with van der Waals surface area (Å²) in [6.07, 6.45) is 1.37. The van der Waals surface area contributed by atoms with Crippen LogP contribution < -0.4 is 4.73 Å². The van der Waals surface area contributed by atoms with Gasteiger partial charge < -0.3 is 14.5 Å². The maximum absolute atomic E-state index is 11.8. The van der Waals surface area contributed by atoms with Gasteiger partial charge in [-0.1, -0.05) is 35.0 Å². The Kier molecular flexibility index (Phi) is 5.30. The minimum atomic E-state index is -0.469. The van der Waals surface area contributed by atoms with Crippen molar-refractivity contribution in [3.63, 3.8) is 0 Å². The summed E-state index contributed by atoms with van der Waals surface area (Å²) in [6, 6.07) is 12.7. The zero-order valence-electron chi connectivity index (χ0n) is 13.4. The van der Waals surface area contributed by atoms with Crippen LogP contribution in [0, 0.1) is 12.1 Å². The van der Waals surface area contributed by atoms with E-state index >= 15 is 0 Å². The van der Waals surface area contributed by atoms with Crippen molar-refractivity contribution in [1.82, 2.24) is 10.1 Å². The molecule has 25 heavy (non-hydrogen) atoms. The van der Waals surface area contributed by atoms with Crippen molar-refractivity contribution < 1.29 is 18.8 Å². The third-order valence-electron chi connectivity index (χ3n) is 3.26. The second-order valence-corrected chi connectivity index (χ2v) is 6.19. The van der Waals surface area contributed by atoms with Gasteiger partial charge in [-0.2, -0.15) is 9.71 Å². The van der Waals surface area contributed by atoms with E-state index in [0.717, 1.165) is 22.9 Å². The van der Waals surface area contributed by atoms with Gasteiger partial charge in [0.05, 0.1) is 0 Å².